The number of halogens is 1. The maximum absolute atomic E-state index is 13.0. The van der Waals surface area contributed by atoms with Crippen LogP contribution in [0, 0.1) is 18.3 Å². The van der Waals surface area contributed by atoms with Gasteiger partial charge in [0.05, 0.1) is 15.7 Å². The number of nitrogens with one attached hydrogen (secondary N) is 1. The van der Waals surface area contributed by atoms with Gasteiger partial charge >= 0.3 is 6.09 Å². The molecular weight excluding hydrogens is 452 g/mol. The van der Waals surface area contributed by atoms with Gasteiger partial charge in [0.2, 0.25) is 0 Å². The number of ether oxygens (including phenoxy) is 1. The monoisotopic (exact) mass is 472 g/mol. The molecule has 0 spiro atoms. The maximum Gasteiger partial charge on any atom is 0.412 e. The third-order valence-electron chi connectivity index (χ3n) is 4.20. The summed E-state index contributed by atoms with van der Waals surface area (Å²) in [4.78, 5) is 13.5. The topological polar surface area (TPSA) is 79.2 Å². The van der Waals surface area contributed by atoms with E-state index in [2.05, 4.69) is 5.32 Å². The first-order valence-electron chi connectivity index (χ1n) is 9.39. The summed E-state index contributed by atoms with van der Waals surface area (Å²) in [5.74, 6) is 0. The van der Waals surface area contributed by atoms with E-state index in [1.54, 1.807) is 18.2 Å². The average molecular weight is 473 g/mol. The van der Waals surface area contributed by atoms with Gasteiger partial charge in [-0.1, -0.05) is 29.8 Å². The van der Waals surface area contributed by atoms with Gasteiger partial charge in [0.15, 0.2) is 0 Å². The number of nitriles is 1. The van der Waals surface area contributed by atoms with E-state index >= 15 is 0 Å². The molecule has 0 aliphatic rings. The predicted octanol–water partition coefficient (Wildman–Crippen LogP) is 6.76. The molecule has 0 bridgehead atoms. The predicted molar refractivity (Wildman–Crippen MR) is 125 cm³/mol. The number of amides is 1. The SMILES string of the molecule is Cc1cc(NC(=O)OC(C)(C)C)ccc1-c1cccc(S(=O)c2cc(C#N)sc2Cl)c1. The number of carbonyl (C=O) groups excluding carboxylic acids is 1. The minimum atomic E-state index is -1.50. The molecule has 0 fully saturated rings. The Bertz CT molecular complexity index is 1210. The first kappa shape index (κ1) is 23.0. The Labute approximate surface area is 193 Å². The van der Waals surface area contributed by atoms with E-state index in [9.17, 15) is 9.00 Å². The summed E-state index contributed by atoms with van der Waals surface area (Å²) in [5.41, 5.74) is 2.83. The van der Waals surface area contributed by atoms with Crippen LogP contribution in [0.25, 0.3) is 11.1 Å². The third kappa shape index (κ3) is 5.73. The summed E-state index contributed by atoms with van der Waals surface area (Å²) < 4.78 is 18.7. The summed E-state index contributed by atoms with van der Waals surface area (Å²) in [6, 6.07) is 16.5. The van der Waals surface area contributed by atoms with Gasteiger partial charge in [-0.3, -0.25) is 5.32 Å². The molecule has 1 atom stereocenters. The Morgan fingerprint density at radius 1 is 1.19 bits per heavy atom. The molecule has 1 heterocycles. The Morgan fingerprint density at radius 3 is 2.55 bits per heavy atom. The third-order valence-corrected chi connectivity index (χ3v) is 7.10. The summed E-state index contributed by atoms with van der Waals surface area (Å²) in [5, 5.41) is 11.8. The summed E-state index contributed by atoms with van der Waals surface area (Å²) in [6.07, 6.45) is -0.513. The molecule has 1 aromatic heterocycles. The first-order chi connectivity index (χ1) is 14.6. The fourth-order valence-electron chi connectivity index (χ4n) is 2.93. The van der Waals surface area contributed by atoms with Crippen LogP contribution in [0.3, 0.4) is 0 Å². The molecule has 0 aliphatic carbocycles. The number of benzene rings is 2. The lowest BCUT2D eigenvalue weighted by molar-refractivity contribution is 0.0636. The van der Waals surface area contributed by atoms with Crippen LogP contribution in [0.4, 0.5) is 10.5 Å². The van der Waals surface area contributed by atoms with Crippen LogP contribution in [0.5, 0.6) is 0 Å². The molecule has 5 nitrogen and oxygen atoms in total. The number of hydrogen-bond acceptors (Lipinski definition) is 5. The molecule has 1 N–H and O–H groups in total. The Morgan fingerprint density at radius 2 is 1.94 bits per heavy atom. The van der Waals surface area contributed by atoms with E-state index in [4.69, 9.17) is 21.6 Å². The van der Waals surface area contributed by atoms with Gasteiger partial charge in [-0.25, -0.2) is 9.00 Å². The average Bonchev–Trinajstić information content (AvgIpc) is 3.07. The fourth-order valence-corrected chi connectivity index (χ4v) is 5.50. The summed E-state index contributed by atoms with van der Waals surface area (Å²) >= 11 is 7.30. The highest BCUT2D eigenvalue weighted by atomic mass is 35.5. The molecular formula is C23H21ClN2O3S2. The van der Waals surface area contributed by atoms with Crippen LogP contribution in [0.2, 0.25) is 4.34 Å². The molecule has 0 aliphatic heterocycles. The molecule has 0 saturated heterocycles. The second kappa shape index (κ2) is 9.23. The molecule has 31 heavy (non-hydrogen) atoms. The van der Waals surface area contributed by atoms with Crippen LogP contribution < -0.4 is 5.32 Å². The highest BCUT2D eigenvalue weighted by Gasteiger charge is 2.18. The minimum Gasteiger partial charge on any atom is -0.444 e. The highest BCUT2D eigenvalue weighted by Crippen LogP contribution is 2.34. The van der Waals surface area contributed by atoms with Crippen molar-refractivity contribution in [2.75, 3.05) is 5.32 Å². The molecule has 1 amide bonds. The lowest BCUT2D eigenvalue weighted by atomic mass is 10.00. The zero-order chi connectivity index (χ0) is 22.8. The van der Waals surface area contributed by atoms with Crippen molar-refractivity contribution in [1.82, 2.24) is 0 Å². The second-order valence-electron chi connectivity index (χ2n) is 7.81. The normalized spacial score (nSPS) is 12.1. The Kier molecular flexibility index (Phi) is 6.85. The smallest absolute Gasteiger partial charge is 0.412 e. The van der Waals surface area contributed by atoms with Crippen LogP contribution in [0.1, 0.15) is 31.2 Å². The van der Waals surface area contributed by atoms with Crippen molar-refractivity contribution in [2.24, 2.45) is 0 Å². The first-order valence-corrected chi connectivity index (χ1v) is 11.7. The molecule has 2 aromatic carbocycles. The molecule has 160 valence electrons. The zero-order valence-corrected chi connectivity index (χ0v) is 19.9. The van der Waals surface area contributed by atoms with Gasteiger partial charge in [0, 0.05) is 10.6 Å². The maximum atomic E-state index is 13.0. The lowest BCUT2D eigenvalue weighted by Gasteiger charge is -2.20. The van der Waals surface area contributed by atoms with Gasteiger partial charge in [0.1, 0.15) is 20.9 Å². The lowest BCUT2D eigenvalue weighted by Crippen LogP contribution is -2.27. The number of thiophene rings is 1. The van der Waals surface area contributed by atoms with Gasteiger partial charge < -0.3 is 4.74 Å². The molecule has 1 unspecified atom stereocenters. The molecule has 0 radical (unpaired) electrons. The van der Waals surface area contributed by atoms with Crippen molar-refractivity contribution in [3.05, 3.63) is 63.3 Å². The van der Waals surface area contributed by atoms with Crippen molar-refractivity contribution in [3.8, 4) is 17.2 Å². The van der Waals surface area contributed by atoms with E-state index in [1.807, 2.05) is 64.1 Å². The number of carbonyl (C=O) groups is 1. The number of rotatable bonds is 4. The number of anilines is 1. The van der Waals surface area contributed by atoms with Crippen LogP contribution >= 0.6 is 22.9 Å². The van der Waals surface area contributed by atoms with Crippen molar-refractivity contribution in [3.63, 3.8) is 0 Å². The Balaban J connectivity index is 1.85. The summed E-state index contributed by atoms with van der Waals surface area (Å²) in [6.45, 7) is 7.36. The molecule has 3 aromatic rings. The van der Waals surface area contributed by atoms with Gasteiger partial charge in [-0.05, 0) is 74.7 Å². The number of hydrogen-bond donors (Lipinski definition) is 1. The van der Waals surface area contributed by atoms with Gasteiger partial charge in [-0.15, -0.1) is 11.3 Å². The van der Waals surface area contributed by atoms with E-state index in [0.717, 1.165) is 28.0 Å². The second-order valence-corrected chi connectivity index (χ2v) is 10.9. The summed E-state index contributed by atoms with van der Waals surface area (Å²) in [7, 11) is -1.50. The quantitative estimate of drug-likeness (QED) is 0.454. The molecule has 8 heteroatoms. The highest BCUT2D eigenvalue weighted by molar-refractivity contribution is 7.85. The number of nitrogens with zero attached hydrogens (tertiary/aromatic N) is 1. The van der Waals surface area contributed by atoms with Crippen molar-refractivity contribution in [2.45, 2.75) is 43.1 Å². The molecule has 3 rings (SSSR count). The number of aryl methyl sites for hydroxylation is 1. The van der Waals surface area contributed by atoms with Crippen molar-refractivity contribution < 1.29 is 13.7 Å². The zero-order valence-electron chi connectivity index (χ0n) is 17.5. The molecule has 0 saturated carbocycles. The van der Waals surface area contributed by atoms with E-state index in [0.29, 0.717) is 24.7 Å². The van der Waals surface area contributed by atoms with Crippen LogP contribution in [0.15, 0.2) is 58.3 Å². The van der Waals surface area contributed by atoms with Crippen molar-refractivity contribution in [1.29, 1.82) is 5.26 Å². The largest absolute Gasteiger partial charge is 0.444 e. The minimum absolute atomic E-state index is 0.356. The van der Waals surface area contributed by atoms with Crippen LogP contribution in [-0.2, 0) is 15.5 Å². The van der Waals surface area contributed by atoms with E-state index in [1.165, 1.54) is 0 Å². The fraction of sp³-hybridized carbons (Fsp3) is 0.217. The Hall–Kier alpha value is -2.66. The van der Waals surface area contributed by atoms with E-state index in [-0.39, 0.29) is 0 Å². The van der Waals surface area contributed by atoms with E-state index < -0.39 is 22.5 Å². The van der Waals surface area contributed by atoms with Gasteiger partial charge in [0.25, 0.3) is 0 Å². The van der Waals surface area contributed by atoms with Gasteiger partial charge in [-0.2, -0.15) is 5.26 Å². The standard InChI is InChI=1S/C23H21ClN2O3S2/c1-14-10-16(26-22(27)29-23(2,3)4)8-9-19(14)15-6-5-7-18(11-15)31(28)20-12-17(13-25)30-21(20)24/h5-12H,1-4H3,(H,26,27). The van der Waals surface area contributed by atoms with Crippen LogP contribution in [-0.4, -0.2) is 15.9 Å². The van der Waals surface area contributed by atoms with Crippen molar-refractivity contribution >= 4 is 45.5 Å².